The Morgan fingerprint density at radius 1 is 1.59 bits per heavy atom. The van der Waals surface area contributed by atoms with Gasteiger partial charge in [-0.25, -0.2) is 0 Å². The van der Waals surface area contributed by atoms with Crippen molar-refractivity contribution < 1.29 is 19.6 Å². The summed E-state index contributed by atoms with van der Waals surface area (Å²) in [6.07, 6.45) is 0.536. The molecule has 0 bridgehead atoms. The molecule has 0 atom stereocenters. The van der Waals surface area contributed by atoms with E-state index < -0.39 is 16.3 Å². The largest absolute Gasteiger partial charge is 0.481 e. The van der Waals surface area contributed by atoms with Gasteiger partial charge in [-0.15, -0.1) is 5.10 Å². The molecule has 0 spiro atoms. The van der Waals surface area contributed by atoms with Gasteiger partial charge in [-0.3, -0.25) is 4.79 Å². The molecular weight excluding hydrogens is 230 g/mol. The third-order valence-electron chi connectivity index (χ3n) is 3.01. The Hall–Kier alpha value is -1.96. The highest BCUT2D eigenvalue weighted by Gasteiger charge is 2.45. The van der Waals surface area contributed by atoms with Gasteiger partial charge in [0.25, 0.3) is 0 Å². The Morgan fingerprint density at radius 3 is 2.71 bits per heavy atom. The smallest absolute Gasteiger partial charge is 0.342 e. The Kier molecular flexibility index (Phi) is 2.80. The molecule has 0 aliphatic carbocycles. The summed E-state index contributed by atoms with van der Waals surface area (Å²) in [6.45, 7) is 0.625. The summed E-state index contributed by atoms with van der Waals surface area (Å²) >= 11 is 0. The van der Waals surface area contributed by atoms with Crippen LogP contribution >= 0.6 is 0 Å². The van der Waals surface area contributed by atoms with Crippen LogP contribution in [0.2, 0.25) is 0 Å². The molecule has 0 unspecified atom stereocenters. The lowest BCUT2D eigenvalue weighted by molar-refractivity contribution is -0.389. The fourth-order valence-electron chi connectivity index (χ4n) is 1.95. The number of hydrogen-bond donors (Lipinski definition) is 2. The summed E-state index contributed by atoms with van der Waals surface area (Å²) in [5, 5.41) is 25.8. The number of nitrogens with one attached hydrogen (secondary N) is 1. The molecule has 8 nitrogen and oxygen atoms in total. The first-order chi connectivity index (χ1) is 8.06. The van der Waals surface area contributed by atoms with Gasteiger partial charge in [-0.05, 0) is 17.8 Å². The molecule has 92 valence electrons. The lowest BCUT2D eigenvalue weighted by Gasteiger charge is -2.30. The van der Waals surface area contributed by atoms with E-state index in [0.29, 0.717) is 13.2 Å². The van der Waals surface area contributed by atoms with E-state index in [-0.39, 0.29) is 24.4 Å². The number of hydrogen-bond acceptors (Lipinski definition) is 5. The second-order valence-corrected chi connectivity index (χ2v) is 3.90. The van der Waals surface area contributed by atoms with Gasteiger partial charge in [-0.2, -0.15) is 0 Å². The lowest BCUT2D eigenvalue weighted by atomic mass is 9.77. The molecule has 0 saturated carbocycles. The van der Waals surface area contributed by atoms with Gasteiger partial charge in [-0.1, -0.05) is 5.10 Å². The van der Waals surface area contributed by atoms with Gasteiger partial charge in [0, 0.05) is 13.2 Å². The summed E-state index contributed by atoms with van der Waals surface area (Å²) in [4.78, 5) is 21.3. The van der Waals surface area contributed by atoms with Crippen LogP contribution in [0.5, 0.6) is 0 Å². The molecule has 0 radical (unpaired) electrons. The van der Waals surface area contributed by atoms with Crippen molar-refractivity contribution in [2.75, 3.05) is 13.2 Å². The maximum atomic E-state index is 11.4. The zero-order chi connectivity index (χ0) is 12.5. The summed E-state index contributed by atoms with van der Waals surface area (Å²) in [6, 6.07) is 1.18. The Morgan fingerprint density at radius 2 is 2.24 bits per heavy atom. The van der Waals surface area contributed by atoms with Crippen molar-refractivity contribution in [2.45, 2.75) is 18.3 Å². The third-order valence-corrected chi connectivity index (χ3v) is 3.01. The van der Waals surface area contributed by atoms with Crippen LogP contribution in [0, 0.1) is 10.1 Å². The number of nitrogens with zero attached hydrogens (tertiary/aromatic N) is 2. The van der Waals surface area contributed by atoms with E-state index in [4.69, 9.17) is 4.74 Å². The highest BCUT2D eigenvalue weighted by atomic mass is 16.6. The van der Waals surface area contributed by atoms with Gasteiger partial charge in [0.2, 0.25) is 0 Å². The van der Waals surface area contributed by atoms with Gasteiger partial charge in [0.15, 0.2) is 0 Å². The first-order valence-electron chi connectivity index (χ1n) is 5.08. The van der Waals surface area contributed by atoms with E-state index in [9.17, 15) is 20.0 Å². The summed E-state index contributed by atoms with van der Waals surface area (Å²) in [7, 11) is 0. The second-order valence-electron chi connectivity index (χ2n) is 3.90. The molecule has 2 heterocycles. The molecule has 2 rings (SSSR count). The molecule has 0 aromatic carbocycles. The molecular formula is C9H11N3O5. The van der Waals surface area contributed by atoms with Crippen LogP contribution in [-0.2, 0) is 14.9 Å². The highest BCUT2D eigenvalue weighted by Crippen LogP contribution is 2.35. The lowest BCUT2D eigenvalue weighted by Crippen LogP contribution is -2.41. The predicted molar refractivity (Wildman–Crippen MR) is 54.6 cm³/mol. The number of ether oxygens (including phenoxy) is 1. The first kappa shape index (κ1) is 11.5. The molecule has 1 aromatic rings. The monoisotopic (exact) mass is 241 g/mol. The molecule has 17 heavy (non-hydrogen) atoms. The number of carbonyl (C=O) groups is 1. The minimum atomic E-state index is -1.18. The average Bonchev–Trinajstić information content (AvgIpc) is 2.79. The second kappa shape index (κ2) is 4.13. The van der Waals surface area contributed by atoms with Crippen molar-refractivity contribution in [1.82, 2.24) is 10.2 Å². The van der Waals surface area contributed by atoms with Crippen LogP contribution in [0.4, 0.5) is 5.82 Å². The van der Waals surface area contributed by atoms with Gasteiger partial charge < -0.3 is 20.0 Å². The van der Waals surface area contributed by atoms with Crippen molar-refractivity contribution >= 4 is 11.8 Å². The van der Waals surface area contributed by atoms with Gasteiger partial charge in [0.1, 0.15) is 11.1 Å². The van der Waals surface area contributed by atoms with Crippen LogP contribution in [-0.4, -0.2) is 39.4 Å². The van der Waals surface area contributed by atoms with Crippen LogP contribution in [0.3, 0.4) is 0 Å². The zero-order valence-corrected chi connectivity index (χ0v) is 8.88. The van der Waals surface area contributed by atoms with Crippen LogP contribution in [0.1, 0.15) is 18.5 Å². The number of H-pyrrole nitrogens is 1. The summed E-state index contributed by atoms with van der Waals surface area (Å²) < 4.78 is 5.12. The van der Waals surface area contributed by atoms with Crippen molar-refractivity contribution in [1.29, 1.82) is 0 Å². The minimum Gasteiger partial charge on any atom is -0.481 e. The number of rotatable bonds is 3. The van der Waals surface area contributed by atoms with Crippen LogP contribution in [0.25, 0.3) is 0 Å². The Bertz CT molecular complexity index is 449. The molecule has 1 aliphatic rings. The number of carboxylic acids is 1. The Balaban J connectivity index is 2.38. The number of aromatic nitrogens is 2. The van der Waals surface area contributed by atoms with E-state index in [2.05, 4.69) is 10.2 Å². The Labute approximate surface area is 95.7 Å². The maximum absolute atomic E-state index is 11.4. The topological polar surface area (TPSA) is 118 Å². The fourth-order valence-corrected chi connectivity index (χ4v) is 1.95. The predicted octanol–water partition coefficient (Wildman–Crippen LogP) is 0.451. The molecule has 1 saturated heterocycles. The van der Waals surface area contributed by atoms with Crippen molar-refractivity contribution in [3.05, 3.63) is 21.9 Å². The van der Waals surface area contributed by atoms with Crippen molar-refractivity contribution in [3.63, 3.8) is 0 Å². The van der Waals surface area contributed by atoms with E-state index >= 15 is 0 Å². The van der Waals surface area contributed by atoms with E-state index in [1.54, 1.807) is 0 Å². The van der Waals surface area contributed by atoms with Crippen LogP contribution < -0.4 is 0 Å². The molecule has 2 N–H and O–H groups in total. The average molecular weight is 241 g/mol. The molecule has 8 heteroatoms. The number of nitro groups is 1. The molecule has 1 aromatic heterocycles. The maximum Gasteiger partial charge on any atom is 0.342 e. The first-order valence-corrected chi connectivity index (χ1v) is 5.08. The zero-order valence-electron chi connectivity index (χ0n) is 8.88. The van der Waals surface area contributed by atoms with E-state index in [1.165, 1.54) is 6.07 Å². The van der Waals surface area contributed by atoms with Crippen LogP contribution in [0.15, 0.2) is 6.07 Å². The molecule has 0 amide bonds. The quantitative estimate of drug-likeness (QED) is 0.585. The summed E-state index contributed by atoms with van der Waals surface area (Å²) in [5.74, 6) is -1.32. The number of aliphatic carboxylic acids is 1. The van der Waals surface area contributed by atoms with E-state index in [0.717, 1.165) is 0 Å². The molecule has 1 fully saturated rings. The van der Waals surface area contributed by atoms with E-state index in [1.807, 2.05) is 0 Å². The standard InChI is InChI=1S/C9H11N3O5/c13-8(14)9(1-3-17-4-2-9)6-5-7(11-10-6)12(15)16/h5H,1-4H2,(H,10,11)(H,13,14). The van der Waals surface area contributed by atoms with Gasteiger partial charge >= 0.3 is 11.8 Å². The number of aromatic amines is 1. The third kappa shape index (κ3) is 1.86. The SMILES string of the molecule is O=C(O)C1(c2cc([N+](=O)[O-])[nH]n2)CCOCC1. The van der Waals surface area contributed by atoms with Crippen molar-refractivity contribution in [2.24, 2.45) is 0 Å². The molecule has 1 aliphatic heterocycles. The minimum absolute atomic E-state index is 0.194. The van der Waals surface area contributed by atoms with Crippen molar-refractivity contribution in [3.8, 4) is 0 Å². The highest BCUT2D eigenvalue weighted by molar-refractivity contribution is 5.81. The number of carboxylic acid groups (broad SMARTS) is 1. The van der Waals surface area contributed by atoms with Gasteiger partial charge in [0.05, 0.1) is 6.07 Å². The summed E-state index contributed by atoms with van der Waals surface area (Å²) in [5.41, 5.74) is -0.983. The fraction of sp³-hybridized carbons (Fsp3) is 0.556. The normalized spacial score (nSPS) is 18.8.